The molecular formula is C20H21N3O5. The van der Waals surface area contributed by atoms with Gasteiger partial charge in [-0.25, -0.2) is 4.79 Å². The van der Waals surface area contributed by atoms with Gasteiger partial charge in [-0.15, -0.1) is 0 Å². The van der Waals surface area contributed by atoms with Crippen LogP contribution in [0.3, 0.4) is 0 Å². The largest absolute Gasteiger partial charge is 0.481 e. The van der Waals surface area contributed by atoms with Crippen molar-refractivity contribution in [2.45, 2.75) is 44.6 Å². The fourth-order valence-corrected chi connectivity index (χ4v) is 3.33. The van der Waals surface area contributed by atoms with Gasteiger partial charge in [0.25, 0.3) is 0 Å². The summed E-state index contributed by atoms with van der Waals surface area (Å²) >= 11 is 0. The van der Waals surface area contributed by atoms with Gasteiger partial charge in [-0.3, -0.25) is 28.8 Å². The molecule has 1 aromatic heterocycles. The molecule has 1 aliphatic rings. The topological polar surface area (TPSA) is 110 Å². The Kier molecular flexibility index (Phi) is 5.64. The Labute approximate surface area is 161 Å². The molecule has 8 nitrogen and oxygen atoms in total. The van der Waals surface area contributed by atoms with Crippen LogP contribution in [0.4, 0.5) is 0 Å². The Balaban J connectivity index is 1.87. The number of carbonyl (C=O) groups excluding carboxylic acids is 2. The SMILES string of the molecule is Cn1c(=O)n(C2CCC(=O)NC2=O)c2cc(C#CCCCCC(=O)O)ccc21. The van der Waals surface area contributed by atoms with E-state index in [0.717, 1.165) is 0 Å². The van der Waals surface area contributed by atoms with Gasteiger partial charge in [0.1, 0.15) is 6.04 Å². The molecule has 1 aromatic carbocycles. The summed E-state index contributed by atoms with van der Waals surface area (Å²) in [5.41, 5.74) is 1.67. The number of carbonyl (C=O) groups is 3. The lowest BCUT2D eigenvalue weighted by Gasteiger charge is -2.21. The van der Waals surface area contributed by atoms with Crippen LogP contribution in [-0.2, 0) is 21.4 Å². The van der Waals surface area contributed by atoms with Crippen LogP contribution in [0.15, 0.2) is 23.0 Å². The van der Waals surface area contributed by atoms with E-state index in [2.05, 4.69) is 17.2 Å². The smallest absolute Gasteiger partial charge is 0.329 e. The highest BCUT2D eigenvalue weighted by Crippen LogP contribution is 2.23. The van der Waals surface area contributed by atoms with Crippen LogP contribution in [0, 0.1) is 11.8 Å². The van der Waals surface area contributed by atoms with Gasteiger partial charge >= 0.3 is 11.7 Å². The molecule has 2 heterocycles. The summed E-state index contributed by atoms with van der Waals surface area (Å²) in [6.45, 7) is 0. The predicted molar refractivity (Wildman–Crippen MR) is 102 cm³/mol. The van der Waals surface area contributed by atoms with Gasteiger partial charge in [-0.2, -0.15) is 0 Å². The molecule has 1 aliphatic heterocycles. The quantitative estimate of drug-likeness (QED) is 0.460. The van der Waals surface area contributed by atoms with E-state index in [-0.39, 0.29) is 30.9 Å². The molecule has 146 valence electrons. The molecule has 0 saturated carbocycles. The number of fused-ring (bicyclic) bond motifs is 1. The monoisotopic (exact) mass is 383 g/mol. The Hall–Kier alpha value is -3.34. The number of hydrogen-bond acceptors (Lipinski definition) is 4. The maximum Gasteiger partial charge on any atom is 0.329 e. The van der Waals surface area contributed by atoms with Crippen LogP contribution in [0.1, 0.15) is 50.1 Å². The fourth-order valence-electron chi connectivity index (χ4n) is 3.33. The number of hydrogen-bond donors (Lipinski definition) is 2. The zero-order chi connectivity index (χ0) is 20.3. The third kappa shape index (κ3) is 3.98. The van der Waals surface area contributed by atoms with Crippen LogP contribution < -0.4 is 11.0 Å². The normalized spacial score (nSPS) is 16.5. The molecule has 0 aliphatic carbocycles. The standard InChI is InChI=1S/C20H21N3O5/c1-22-14-9-8-13(6-4-2-3-5-7-18(25)26)12-16(14)23(20(22)28)15-10-11-17(24)21-19(15)27/h8-9,12,15H,2-3,5,7,10-11H2,1H3,(H,25,26)(H,21,24,27). The first-order valence-electron chi connectivity index (χ1n) is 9.14. The van der Waals surface area contributed by atoms with Crippen molar-refractivity contribution in [3.63, 3.8) is 0 Å². The average Bonchev–Trinajstić information content (AvgIpc) is 2.89. The van der Waals surface area contributed by atoms with Crippen molar-refractivity contribution in [2.75, 3.05) is 0 Å². The number of piperidine rings is 1. The molecule has 2 aromatic rings. The third-order valence-electron chi connectivity index (χ3n) is 4.79. The second-order valence-corrected chi connectivity index (χ2v) is 6.78. The summed E-state index contributed by atoms with van der Waals surface area (Å²) in [5, 5.41) is 10.9. The lowest BCUT2D eigenvalue weighted by molar-refractivity contribution is -0.137. The number of unbranched alkanes of at least 4 members (excludes halogenated alkanes) is 2. The Morgan fingerprint density at radius 3 is 2.75 bits per heavy atom. The minimum Gasteiger partial charge on any atom is -0.481 e. The zero-order valence-corrected chi connectivity index (χ0v) is 15.5. The first-order valence-corrected chi connectivity index (χ1v) is 9.14. The third-order valence-corrected chi connectivity index (χ3v) is 4.79. The minimum atomic E-state index is -0.811. The fraction of sp³-hybridized carbons (Fsp3) is 0.400. The van der Waals surface area contributed by atoms with Crippen LogP contribution in [-0.4, -0.2) is 32.0 Å². The van der Waals surface area contributed by atoms with Gasteiger partial charge in [0.15, 0.2) is 0 Å². The average molecular weight is 383 g/mol. The highest BCUT2D eigenvalue weighted by Gasteiger charge is 2.31. The number of amides is 2. The van der Waals surface area contributed by atoms with Crippen LogP contribution in [0.25, 0.3) is 11.0 Å². The first kappa shape index (κ1) is 19.4. The molecule has 28 heavy (non-hydrogen) atoms. The van der Waals surface area contributed by atoms with Crippen LogP contribution >= 0.6 is 0 Å². The van der Waals surface area contributed by atoms with E-state index in [1.807, 2.05) is 0 Å². The van der Waals surface area contributed by atoms with Gasteiger partial charge in [0.05, 0.1) is 11.0 Å². The van der Waals surface area contributed by atoms with Crippen molar-refractivity contribution in [3.05, 3.63) is 34.2 Å². The lowest BCUT2D eigenvalue weighted by atomic mass is 10.1. The number of carboxylic acid groups (broad SMARTS) is 1. The number of rotatable bonds is 5. The van der Waals surface area contributed by atoms with Crippen LogP contribution in [0.5, 0.6) is 0 Å². The summed E-state index contributed by atoms with van der Waals surface area (Å²) in [6.07, 6.45) is 2.47. The van der Waals surface area contributed by atoms with Gasteiger partial charge in [-0.1, -0.05) is 11.8 Å². The van der Waals surface area contributed by atoms with E-state index in [0.29, 0.717) is 35.9 Å². The number of aryl methyl sites for hydroxylation is 1. The molecule has 1 unspecified atom stereocenters. The summed E-state index contributed by atoms with van der Waals surface area (Å²) < 4.78 is 2.90. The van der Waals surface area contributed by atoms with Crippen molar-refractivity contribution in [3.8, 4) is 11.8 Å². The van der Waals surface area contributed by atoms with Crippen molar-refractivity contribution in [1.82, 2.24) is 14.5 Å². The lowest BCUT2D eigenvalue weighted by Crippen LogP contribution is -2.44. The first-order chi connectivity index (χ1) is 13.4. The van der Waals surface area contributed by atoms with E-state index < -0.39 is 17.9 Å². The molecule has 0 radical (unpaired) electrons. The maximum atomic E-state index is 12.7. The van der Waals surface area contributed by atoms with Crippen molar-refractivity contribution < 1.29 is 19.5 Å². The second-order valence-electron chi connectivity index (χ2n) is 6.78. The zero-order valence-electron chi connectivity index (χ0n) is 15.5. The highest BCUT2D eigenvalue weighted by molar-refractivity contribution is 6.00. The number of imide groups is 1. The highest BCUT2D eigenvalue weighted by atomic mass is 16.4. The van der Waals surface area contributed by atoms with Crippen molar-refractivity contribution in [2.24, 2.45) is 7.05 Å². The summed E-state index contributed by atoms with van der Waals surface area (Å²) in [4.78, 5) is 46.8. The van der Waals surface area contributed by atoms with Gasteiger partial charge < -0.3 is 5.11 Å². The van der Waals surface area contributed by atoms with Crippen molar-refractivity contribution in [1.29, 1.82) is 0 Å². The number of aromatic nitrogens is 2. The molecule has 1 fully saturated rings. The molecule has 3 rings (SSSR count). The number of carboxylic acids is 1. The van der Waals surface area contributed by atoms with E-state index in [4.69, 9.17) is 5.11 Å². The minimum absolute atomic E-state index is 0.135. The molecule has 8 heteroatoms. The Morgan fingerprint density at radius 1 is 1.25 bits per heavy atom. The Morgan fingerprint density at radius 2 is 2.04 bits per heavy atom. The molecule has 0 bridgehead atoms. The molecule has 0 spiro atoms. The van der Waals surface area contributed by atoms with Crippen LogP contribution in [0.2, 0.25) is 0 Å². The molecule has 2 N–H and O–H groups in total. The summed E-state index contributed by atoms with van der Waals surface area (Å²) in [7, 11) is 1.64. The van der Waals surface area contributed by atoms with Gasteiger partial charge in [0, 0.05) is 31.9 Å². The van der Waals surface area contributed by atoms with Gasteiger partial charge in [0.2, 0.25) is 11.8 Å². The molecule has 1 atom stereocenters. The number of nitrogens with one attached hydrogen (secondary N) is 1. The maximum absolute atomic E-state index is 12.7. The Bertz CT molecular complexity index is 1070. The van der Waals surface area contributed by atoms with E-state index >= 15 is 0 Å². The van der Waals surface area contributed by atoms with Crippen molar-refractivity contribution >= 4 is 28.8 Å². The number of imidazole rings is 1. The number of aliphatic carboxylic acids is 1. The number of benzene rings is 1. The van der Waals surface area contributed by atoms with E-state index in [1.54, 1.807) is 25.2 Å². The van der Waals surface area contributed by atoms with E-state index in [1.165, 1.54) is 9.13 Å². The predicted octanol–water partition coefficient (Wildman–Crippen LogP) is 1.31. The van der Waals surface area contributed by atoms with Gasteiger partial charge in [-0.05, 0) is 37.5 Å². The second kappa shape index (κ2) is 8.13. The number of nitrogens with zero attached hydrogens (tertiary/aromatic N) is 2. The summed E-state index contributed by atoms with van der Waals surface area (Å²) in [6, 6.07) is 4.63. The summed E-state index contributed by atoms with van der Waals surface area (Å²) in [5.74, 6) is 4.43. The molecule has 2 amide bonds. The molecule has 1 saturated heterocycles. The van der Waals surface area contributed by atoms with E-state index in [9.17, 15) is 19.2 Å². The molecular weight excluding hydrogens is 362 g/mol.